The number of hydrogen-bond donors (Lipinski definition) is 0. The first kappa shape index (κ1) is 13.7. The molecule has 0 spiro atoms. The molecule has 0 heterocycles. The van der Waals surface area contributed by atoms with Crippen LogP contribution in [0.4, 0.5) is 0 Å². The molecule has 84 valence electrons. The summed E-state index contributed by atoms with van der Waals surface area (Å²) in [6.45, 7) is 15.6. The Morgan fingerprint density at radius 1 is 1.29 bits per heavy atom. The monoisotopic (exact) mass is 196 g/mol. The van der Waals surface area contributed by atoms with Crippen LogP contribution in [0.5, 0.6) is 0 Å². The molecule has 0 aromatic carbocycles. The zero-order chi connectivity index (χ0) is 11.2. The molecule has 0 aromatic rings. The van der Waals surface area contributed by atoms with E-state index in [1.807, 2.05) is 0 Å². The van der Waals surface area contributed by atoms with E-state index in [2.05, 4.69) is 41.2 Å². The van der Waals surface area contributed by atoms with Gasteiger partial charge >= 0.3 is 0 Å². The van der Waals surface area contributed by atoms with Crippen LogP contribution in [0.15, 0.2) is 12.2 Å². The quantitative estimate of drug-likeness (QED) is 0.491. The average Bonchev–Trinajstić information content (AvgIpc) is 2.14. The van der Waals surface area contributed by atoms with Crippen LogP contribution < -0.4 is 0 Å². The largest absolute Gasteiger partial charge is 0.0996 e. The van der Waals surface area contributed by atoms with Crippen LogP contribution in [0.1, 0.15) is 66.7 Å². The lowest BCUT2D eigenvalue weighted by atomic mass is 9.74. The van der Waals surface area contributed by atoms with Crippen LogP contribution in [0.25, 0.3) is 0 Å². The van der Waals surface area contributed by atoms with Gasteiger partial charge in [-0.15, -0.1) is 0 Å². The first-order chi connectivity index (χ1) is 6.46. The lowest BCUT2D eigenvalue weighted by Gasteiger charge is -2.31. The Bertz CT molecular complexity index is 169. The summed E-state index contributed by atoms with van der Waals surface area (Å²) < 4.78 is 0. The third-order valence-electron chi connectivity index (χ3n) is 3.72. The molecular formula is C14H28. The Kier molecular flexibility index (Phi) is 6.15. The summed E-state index contributed by atoms with van der Waals surface area (Å²) in [4.78, 5) is 0. The summed E-state index contributed by atoms with van der Waals surface area (Å²) in [5.41, 5.74) is 1.75. The van der Waals surface area contributed by atoms with Crippen molar-refractivity contribution in [1.82, 2.24) is 0 Å². The van der Waals surface area contributed by atoms with Gasteiger partial charge in [-0.3, -0.25) is 0 Å². The Balaban J connectivity index is 4.16. The second-order valence-corrected chi connectivity index (χ2v) is 5.14. The maximum atomic E-state index is 4.15. The van der Waals surface area contributed by atoms with Crippen LogP contribution in [0.3, 0.4) is 0 Å². The normalized spacial score (nSPS) is 17.5. The molecule has 0 amide bonds. The van der Waals surface area contributed by atoms with Gasteiger partial charge in [-0.2, -0.15) is 0 Å². The smallest absolute Gasteiger partial charge is 0.0122 e. The highest BCUT2D eigenvalue weighted by Crippen LogP contribution is 2.37. The summed E-state index contributed by atoms with van der Waals surface area (Å²) in [5.74, 6) is 0.866. The van der Waals surface area contributed by atoms with Crippen molar-refractivity contribution in [3.8, 4) is 0 Å². The fraction of sp³-hybridized carbons (Fsp3) is 0.857. The van der Waals surface area contributed by atoms with Crippen molar-refractivity contribution in [2.24, 2.45) is 11.3 Å². The van der Waals surface area contributed by atoms with Gasteiger partial charge in [0.05, 0.1) is 0 Å². The van der Waals surface area contributed by atoms with E-state index >= 15 is 0 Å². The van der Waals surface area contributed by atoms with Gasteiger partial charge in [-0.1, -0.05) is 52.7 Å². The summed E-state index contributed by atoms with van der Waals surface area (Å²) >= 11 is 0. The zero-order valence-electron chi connectivity index (χ0n) is 10.8. The van der Waals surface area contributed by atoms with Gasteiger partial charge in [-0.05, 0) is 37.5 Å². The topological polar surface area (TPSA) is 0 Å². The first-order valence-electron chi connectivity index (χ1n) is 6.12. The summed E-state index contributed by atoms with van der Waals surface area (Å²) in [7, 11) is 0. The highest BCUT2D eigenvalue weighted by Gasteiger charge is 2.24. The van der Waals surface area contributed by atoms with Crippen LogP contribution in [-0.4, -0.2) is 0 Å². The minimum Gasteiger partial charge on any atom is -0.0996 e. The van der Waals surface area contributed by atoms with Crippen molar-refractivity contribution in [2.75, 3.05) is 0 Å². The molecular weight excluding hydrogens is 168 g/mol. The van der Waals surface area contributed by atoms with E-state index in [1.165, 1.54) is 37.7 Å². The van der Waals surface area contributed by atoms with E-state index in [1.54, 1.807) is 0 Å². The van der Waals surface area contributed by atoms with Crippen LogP contribution in [0.2, 0.25) is 0 Å². The Labute approximate surface area is 90.8 Å². The lowest BCUT2D eigenvalue weighted by Crippen LogP contribution is -2.18. The van der Waals surface area contributed by atoms with Gasteiger partial charge < -0.3 is 0 Å². The van der Waals surface area contributed by atoms with Crippen molar-refractivity contribution in [3.63, 3.8) is 0 Å². The molecule has 0 saturated heterocycles. The molecule has 0 saturated carbocycles. The third-order valence-corrected chi connectivity index (χ3v) is 3.72. The first-order valence-corrected chi connectivity index (χ1v) is 6.12. The molecule has 0 aliphatic rings. The summed E-state index contributed by atoms with van der Waals surface area (Å²) in [5, 5.41) is 0. The highest BCUT2D eigenvalue weighted by molar-refractivity contribution is 5.05. The third kappa shape index (κ3) is 4.30. The van der Waals surface area contributed by atoms with Gasteiger partial charge in [0.25, 0.3) is 0 Å². The zero-order valence-corrected chi connectivity index (χ0v) is 10.8. The minimum atomic E-state index is 0.387. The second kappa shape index (κ2) is 6.27. The summed E-state index contributed by atoms with van der Waals surface area (Å²) in [6, 6.07) is 0. The van der Waals surface area contributed by atoms with E-state index < -0.39 is 0 Å². The molecule has 0 aliphatic heterocycles. The fourth-order valence-corrected chi connectivity index (χ4v) is 1.87. The number of rotatable bonds is 7. The Morgan fingerprint density at radius 2 is 1.86 bits per heavy atom. The predicted octanol–water partition coefficient (Wildman–Crippen LogP) is 5.20. The molecule has 2 atom stereocenters. The average molecular weight is 196 g/mol. The molecule has 0 radical (unpaired) electrons. The maximum absolute atomic E-state index is 4.15. The van der Waals surface area contributed by atoms with Gasteiger partial charge in [0.15, 0.2) is 0 Å². The van der Waals surface area contributed by atoms with Crippen molar-refractivity contribution >= 4 is 0 Å². The van der Waals surface area contributed by atoms with Crippen molar-refractivity contribution < 1.29 is 0 Å². The minimum absolute atomic E-state index is 0.387. The second-order valence-electron chi connectivity index (χ2n) is 5.14. The van der Waals surface area contributed by atoms with Crippen molar-refractivity contribution in [3.05, 3.63) is 12.2 Å². The molecule has 0 bridgehead atoms. The fourth-order valence-electron chi connectivity index (χ4n) is 1.87. The maximum Gasteiger partial charge on any atom is -0.0122 e. The molecule has 14 heavy (non-hydrogen) atoms. The molecule has 0 heteroatoms. The predicted molar refractivity (Wildman–Crippen MR) is 66.5 cm³/mol. The van der Waals surface area contributed by atoms with Crippen LogP contribution >= 0.6 is 0 Å². The SMILES string of the molecule is C=C(C)C(C)(CCC)CCC(C)CC. The van der Waals surface area contributed by atoms with Gasteiger partial charge in [-0.25, -0.2) is 0 Å². The molecule has 2 unspecified atom stereocenters. The van der Waals surface area contributed by atoms with Gasteiger partial charge in [0.1, 0.15) is 0 Å². The van der Waals surface area contributed by atoms with E-state index in [4.69, 9.17) is 0 Å². The number of allylic oxidation sites excluding steroid dienone is 1. The molecule has 0 rings (SSSR count). The molecule has 0 aliphatic carbocycles. The Morgan fingerprint density at radius 3 is 2.21 bits per heavy atom. The van der Waals surface area contributed by atoms with Crippen LogP contribution in [-0.2, 0) is 0 Å². The van der Waals surface area contributed by atoms with E-state index in [0.29, 0.717) is 5.41 Å². The van der Waals surface area contributed by atoms with E-state index in [9.17, 15) is 0 Å². The standard InChI is InChI=1S/C14H28/c1-7-10-14(6,12(3)4)11-9-13(5)8-2/h13H,3,7-11H2,1-2,4-6H3. The van der Waals surface area contributed by atoms with Crippen molar-refractivity contribution in [1.29, 1.82) is 0 Å². The highest BCUT2D eigenvalue weighted by atomic mass is 14.3. The van der Waals surface area contributed by atoms with Crippen molar-refractivity contribution in [2.45, 2.75) is 66.7 Å². The Hall–Kier alpha value is -0.260. The molecule has 0 fully saturated rings. The molecule has 0 aromatic heterocycles. The number of hydrogen-bond acceptors (Lipinski definition) is 0. The lowest BCUT2D eigenvalue weighted by molar-refractivity contribution is 0.296. The molecule has 0 N–H and O–H groups in total. The summed E-state index contributed by atoms with van der Waals surface area (Å²) in [6.07, 6.45) is 6.52. The van der Waals surface area contributed by atoms with Gasteiger partial charge in [0.2, 0.25) is 0 Å². The van der Waals surface area contributed by atoms with E-state index in [0.717, 1.165) is 5.92 Å². The van der Waals surface area contributed by atoms with E-state index in [-0.39, 0.29) is 0 Å². The molecule has 0 nitrogen and oxygen atoms in total. The van der Waals surface area contributed by atoms with Crippen LogP contribution in [0, 0.1) is 11.3 Å². The van der Waals surface area contributed by atoms with Gasteiger partial charge in [0, 0.05) is 0 Å².